The highest BCUT2D eigenvalue weighted by Gasteiger charge is 2.10. The highest BCUT2D eigenvalue weighted by molar-refractivity contribution is 6.35. The number of nitrogens with zero attached hydrogens (tertiary/aromatic N) is 1. The molecule has 3 aromatic carbocycles. The second-order valence-corrected chi connectivity index (χ2v) is 7.02. The Kier molecular flexibility index (Phi) is 7.79. The molecule has 0 saturated heterocycles. The minimum Gasteiger partial charge on any atom is -0.490 e. The highest BCUT2D eigenvalue weighted by Crippen LogP contribution is 2.31. The molecule has 1 N–H and O–H groups in total. The number of nitrogens with one attached hydrogen (secondary N) is 1. The fraction of sp³-hybridized carbons (Fsp3) is 0.174. The molecule has 0 saturated carbocycles. The minimum absolute atomic E-state index is 0.255. The van der Waals surface area contributed by atoms with E-state index in [2.05, 4.69) is 10.5 Å². The number of hydrazone groups is 1. The van der Waals surface area contributed by atoms with Gasteiger partial charge in [0, 0.05) is 15.6 Å². The van der Waals surface area contributed by atoms with E-state index in [0.717, 1.165) is 11.1 Å². The van der Waals surface area contributed by atoms with E-state index in [1.165, 1.54) is 5.56 Å². The first kappa shape index (κ1) is 21.0. The molecule has 0 aliphatic heterocycles. The zero-order chi connectivity index (χ0) is 20.5. The molecule has 3 rings (SSSR count). The third-order valence-electron chi connectivity index (χ3n) is 4.13. The predicted molar refractivity (Wildman–Crippen MR) is 119 cm³/mol. The van der Waals surface area contributed by atoms with Crippen LogP contribution in [0, 0.1) is 0 Å². The first-order valence-electron chi connectivity index (χ1n) is 9.29. The second kappa shape index (κ2) is 10.7. The monoisotopic (exact) mass is 428 g/mol. The van der Waals surface area contributed by atoms with E-state index >= 15 is 0 Å². The minimum atomic E-state index is 0.255. The van der Waals surface area contributed by atoms with Crippen LogP contribution in [0.2, 0.25) is 10.0 Å². The Balaban J connectivity index is 1.65. The van der Waals surface area contributed by atoms with Gasteiger partial charge < -0.3 is 14.9 Å². The Morgan fingerprint density at radius 3 is 2.38 bits per heavy atom. The van der Waals surface area contributed by atoms with Gasteiger partial charge in [-0.05, 0) is 48.4 Å². The third-order valence-corrected chi connectivity index (χ3v) is 4.84. The van der Waals surface area contributed by atoms with E-state index in [1.54, 1.807) is 24.4 Å². The van der Waals surface area contributed by atoms with E-state index in [4.69, 9.17) is 32.7 Å². The molecule has 0 atom stereocenters. The molecule has 0 fully saturated rings. The molecular formula is C23H22Cl2N2O2. The topological polar surface area (TPSA) is 42.8 Å². The van der Waals surface area contributed by atoms with Crippen molar-refractivity contribution in [3.63, 3.8) is 0 Å². The number of halogens is 2. The van der Waals surface area contributed by atoms with E-state index in [-0.39, 0.29) is 6.61 Å². The van der Waals surface area contributed by atoms with Crippen molar-refractivity contribution in [3.8, 4) is 11.5 Å². The van der Waals surface area contributed by atoms with Crippen LogP contribution in [0.25, 0.3) is 0 Å². The summed E-state index contributed by atoms with van der Waals surface area (Å²) in [6.07, 6.45) is 1.75. The lowest BCUT2D eigenvalue weighted by Crippen LogP contribution is -2.05. The van der Waals surface area contributed by atoms with Crippen LogP contribution in [0.4, 0.5) is 0 Å². The molecule has 150 valence electrons. The first-order chi connectivity index (χ1) is 14.2. The quantitative estimate of drug-likeness (QED) is 0.330. The van der Waals surface area contributed by atoms with Crippen molar-refractivity contribution in [3.05, 3.63) is 93.5 Å². The first-order valence-corrected chi connectivity index (χ1v) is 10.1. The van der Waals surface area contributed by atoms with Crippen LogP contribution in [0.3, 0.4) is 0 Å². The van der Waals surface area contributed by atoms with Gasteiger partial charge in [-0.3, -0.25) is 0 Å². The van der Waals surface area contributed by atoms with Crippen molar-refractivity contribution >= 4 is 29.4 Å². The van der Waals surface area contributed by atoms with Gasteiger partial charge in [0.25, 0.3) is 0 Å². The summed E-state index contributed by atoms with van der Waals surface area (Å²) >= 11 is 12.4. The SMILES string of the molecule is CCOc1cc(C=NNCc2ccccc2)ccc1OCc1c(Cl)cccc1Cl. The van der Waals surface area contributed by atoms with Gasteiger partial charge in [-0.25, -0.2) is 0 Å². The predicted octanol–water partition coefficient (Wildman–Crippen LogP) is 6.09. The third kappa shape index (κ3) is 6.14. The molecule has 0 aliphatic rings. The molecule has 29 heavy (non-hydrogen) atoms. The average Bonchev–Trinajstić information content (AvgIpc) is 2.73. The van der Waals surface area contributed by atoms with E-state index in [9.17, 15) is 0 Å². The molecule has 0 spiro atoms. The Hall–Kier alpha value is -2.69. The Bertz CT molecular complexity index is 942. The van der Waals surface area contributed by atoms with Gasteiger partial charge in [-0.2, -0.15) is 5.10 Å². The zero-order valence-corrected chi connectivity index (χ0v) is 17.6. The largest absolute Gasteiger partial charge is 0.490 e. The standard InChI is InChI=1S/C23H22Cl2N2O2/c1-2-28-23-13-18(15-27-26-14-17-7-4-3-5-8-17)11-12-22(23)29-16-19-20(24)9-6-10-21(19)25/h3-13,15,26H,2,14,16H2,1H3. The fourth-order valence-electron chi connectivity index (χ4n) is 2.67. The van der Waals surface area contributed by atoms with Crippen molar-refractivity contribution in [2.24, 2.45) is 5.10 Å². The number of ether oxygens (including phenoxy) is 2. The summed E-state index contributed by atoms with van der Waals surface area (Å²) in [6, 6.07) is 21.1. The molecule has 0 aliphatic carbocycles. The van der Waals surface area contributed by atoms with Gasteiger partial charge in [0.2, 0.25) is 0 Å². The maximum atomic E-state index is 6.22. The van der Waals surface area contributed by atoms with Crippen LogP contribution < -0.4 is 14.9 Å². The molecule has 4 nitrogen and oxygen atoms in total. The van der Waals surface area contributed by atoms with Crippen LogP contribution >= 0.6 is 23.2 Å². The summed E-state index contributed by atoms with van der Waals surface area (Å²) in [6.45, 7) is 3.37. The molecule has 0 unspecified atom stereocenters. The number of hydrogen-bond acceptors (Lipinski definition) is 4. The van der Waals surface area contributed by atoms with Crippen molar-refractivity contribution in [2.45, 2.75) is 20.1 Å². The normalized spacial score (nSPS) is 10.9. The molecule has 3 aromatic rings. The number of rotatable bonds is 9. The number of benzene rings is 3. The van der Waals surface area contributed by atoms with Crippen LogP contribution in [-0.2, 0) is 13.2 Å². The summed E-state index contributed by atoms with van der Waals surface area (Å²) in [5, 5.41) is 5.42. The fourth-order valence-corrected chi connectivity index (χ4v) is 3.17. The molecule has 0 bridgehead atoms. The van der Waals surface area contributed by atoms with Crippen LogP contribution in [0.15, 0.2) is 71.8 Å². The van der Waals surface area contributed by atoms with Crippen LogP contribution in [0.1, 0.15) is 23.6 Å². The lowest BCUT2D eigenvalue weighted by atomic mass is 10.2. The van der Waals surface area contributed by atoms with Crippen molar-refractivity contribution in [2.75, 3.05) is 6.61 Å². The lowest BCUT2D eigenvalue weighted by molar-refractivity contribution is 0.269. The molecule has 6 heteroatoms. The smallest absolute Gasteiger partial charge is 0.161 e. The van der Waals surface area contributed by atoms with Crippen LogP contribution in [0.5, 0.6) is 11.5 Å². The summed E-state index contributed by atoms with van der Waals surface area (Å²) in [7, 11) is 0. The van der Waals surface area contributed by atoms with E-state index in [0.29, 0.717) is 34.7 Å². The maximum absolute atomic E-state index is 6.22. The van der Waals surface area contributed by atoms with Crippen molar-refractivity contribution in [1.82, 2.24) is 5.43 Å². The maximum Gasteiger partial charge on any atom is 0.161 e. The van der Waals surface area contributed by atoms with Gasteiger partial charge in [0.05, 0.1) is 19.4 Å². The summed E-state index contributed by atoms with van der Waals surface area (Å²) < 4.78 is 11.7. The van der Waals surface area contributed by atoms with Gasteiger partial charge in [0.1, 0.15) is 6.61 Å². The highest BCUT2D eigenvalue weighted by atomic mass is 35.5. The molecule has 0 aromatic heterocycles. The Morgan fingerprint density at radius 1 is 0.897 bits per heavy atom. The van der Waals surface area contributed by atoms with Gasteiger partial charge >= 0.3 is 0 Å². The lowest BCUT2D eigenvalue weighted by Gasteiger charge is -2.14. The molecule has 0 heterocycles. The van der Waals surface area contributed by atoms with Crippen molar-refractivity contribution in [1.29, 1.82) is 0 Å². The number of hydrogen-bond donors (Lipinski definition) is 1. The zero-order valence-electron chi connectivity index (χ0n) is 16.1. The summed E-state index contributed by atoms with van der Waals surface area (Å²) in [5.74, 6) is 1.26. The van der Waals surface area contributed by atoms with Gasteiger partial charge in [-0.1, -0.05) is 59.6 Å². The van der Waals surface area contributed by atoms with Crippen molar-refractivity contribution < 1.29 is 9.47 Å². The Labute approximate surface area is 181 Å². The molecule has 0 radical (unpaired) electrons. The van der Waals surface area contributed by atoms with Gasteiger partial charge in [-0.15, -0.1) is 0 Å². The van der Waals surface area contributed by atoms with E-state index in [1.807, 2.05) is 55.5 Å². The summed E-state index contributed by atoms with van der Waals surface area (Å²) in [5.41, 5.74) is 5.86. The average molecular weight is 429 g/mol. The van der Waals surface area contributed by atoms with Crippen LogP contribution in [-0.4, -0.2) is 12.8 Å². The summed E-state index contributed by atoms with van der Waals surface area (Å²) in [4.78, 5) is 0. The van der Waals surface area contributed by atoms with E-state index < -0.39 is 0 Å². The second-order valence-electron chi connectivity index (χ2n) is 6.21. The van der Waals surface area contributed by atoms with Gasteiger partial charge in [0.15, 0.2) is 11.5 Å². The molecule has 0 amide bonds. The molecular weight excluding hydrogens is 407 g/mol. The Morgan fingerprint density at radius 2 is 1.66 bits per heavy atom.